The predicted molar refractivity (Wildman–Crippen MR) is 103 cm³/mol. The molecule has 2 fully saturated rings. The molecule has 2 unspecified atom stereocenters. The van der Waals surface area contributed by atoms with E-state index in [0.29, 0.717) is 12.5 Å². The van der Waals surface area contributed by atoms with E-state index < -0.39 is 0 Å². The third-order valence-corrected chi connectivity index (χ3v) is 5.93. The SMILES string of the molecule is Cl.NCC(NC(=O)C1CCCN(c2ncnc3sccc23)C1)C1CC1. The predicted octanol–water partition coefficient (Wildman–Crippen LogP) is 2.18. The molecule has 2 aliphatic rings. The van der Waals surface area contributed by atoms with E-state index >= 15 is 0 Å². The Morgan fingerprint density at radius 2 is 2.24 bits per heavy atom. The molecule has 8 heteroatoms. The minimum atomic E-state index is 0. The van der Waals surface area contributed by atoms with Crippen LogP contribution < -0.4 is 16.0 Å². The van der Waals surface area contributed by atoms with Gasteiger partial charge in [-0.1, -0.05) is 0 Å². The van der Waals surface area contributed by atoms with Crippen molar-refractivity contribution in [2.45, 2.75) is 31.7 Å². The van der Waals surface area contributed by atoms with Gasteiger partial charge in [-0.2, -0.15) is 0 Å². The van der Waals surface area contributed by atoms with Crippen LogP contribution in [0.15, 0.2) is 17.8 Å². The fraction of sp³-hybridized carbons (Fsp3) is 0.588. The van der Waals surface area contributed by atoms with Gasteiger partial charge in [-0.25, -0.2) is 9.97 Å². The fourth-order valence-corrected chi connectivity index (χ4v) is 4.31. The van der Waals surface area contributed by atoms with E-state index in [1.807, 2.05) is 5.38 Å². The summed E-state index contributed by atoms with van der Waals surface area (Å²) in [5.41, 5.74) is 5.82. The molecular weight excluding hydrogens is 358 g/mol. The number of halogens is 1. The third kappa shape index (κ3) is 3.88. The van der Waals surface area contributed by atoms with Gasteiger partial charge in [-0.05, 0) is 43.0 Å². The van der Waals surface area contributed by atoms with Crippen LogP contribution in [0.2, 0.25) is 0 Å². The van der Waals surface area contributed by atoms with Gasteiger partial charge >= 0.3 is 0 Å². The average Bonchev–Trinajstić information content (AvgIpc) is 3.35. The summed E-state index contributed by atoms with van der Waals surface area (Å²) in [5.74, 6) is 1.70. The highest BCUT2D eigenvalue weighted by atomic mass is 35.5. The number of fused-ring (bicyclic) bond motifs is 1. The van der Waals surface area contributed by atoms with E-state index in [4.69, 9.17) is 5.73 Å². The lowest BCUT2D eigenvalue weighted by molar-refractivity contribution is -0.126. The molecule has 0 aromatic carbocycles. The van der Waals surface area contributed by atoms with Gasteiger partial charge in [0.25, 0.3) is 0 Å². The first-order chi connectivity index (χ1) is 11.8. The second-order valence-corrected chi connectivity index (χ2v) is 7.70. The molecule has 1 aliphatic carbocycles. The standard InChI is InChI=1S/C17H23N5OS.ClH/c18-8-14(11-3-4-11)21-16(23)12-2-1-6-22(9-12)15-13-5-7-24-17(13)20-10-19-15;/h5,7,10-12,14H,1-4,6,8-9,18H2,(H,21,23);1H. The second-order valence-electron chi connectivity index (χ2n) is 6.81. The number of carbonyl (C=O) groups excluding carboxylic acids is 1. The Morgan fingerprint density at radius 3 is 3.00 bits per heavy atom. The Labute approximate surface area is 157 Å². The van der Waals surface area contributed by atoms with Crippen LogP contribution in [0, 0.1) is 11.8 Å². The van der Waals surface area contributed by atoms with Gasteiger partial charge in [0.2, 0.25) is 5.91 Å². The van der Waals surface area contributed by atoms with Crippen LogP contribution in [-0.4, -0.2) is 41.6 Å². The van der Waals surface area contributed by atoms with Crippen LogP contribution >= 0.6 is 23.7 Å². The Morgan fingerprint density at radius 1 is 1.40 bits per heavy atom. The van der Waals surface area contributed by atoms with Crippen molar-refractivity contribution in [3.05, 3.63) is 17.8 Å². The van der Waals surface area contributed by atoms with Crippen molar-refractivity contribution in [1.29, 1.82) is 0 Å². The van der Waals surface area contributed by atoms with Gasteiger partial charge in [0.05, 0.1) is 11.3 Å². The van der Waals surface area contributed by atoms with Crippen molar-refractivity contribution < 1.29 is 4.79 Å². The molecule has 1 saturated heterocycles. The number of amides is 1. The van der Waals surface area contributed by atoms with Crippen molar-refractivity contribution in [2.75, 3.05) is 24.5 Å². The van der Waals surface area contributed by atoms with Crippen molar-refractivity contribution in [3.8, 4) is 0 Å². The van der Waals surface area contributed by atoms with E-state index in [-0.39, 0.29) is 30.3 Å². The molecule has 3 heterocycles. The van der Waals surface area contributed by atoms with Crippen LogP contribution in [-0.2, 0) is 4.79 Å². The van der Waals surface area contributed by atoms with E-state index in [1.165, 1.54) is 12.8 Å². The first-order valence-electron chi connectivity index (χ1n) is 8.70. The number of anilines is 1. The average molecular weight is 382 g/mol. The highest BCUT2D eigenvalue weighted by Crippen LogP contribution is 2.33. The minimum Gasteiger partial charge on any atom is -0.355 e. The largest absolute Gasteiger partial charge is 0.355 e. The molecule has 25 heavy (non-hydrogen) atoms. The second kappa shape index (κ2) is 7.85. The summed E-state index contributed by atoms with van der Waals surface area (Å²) < 4.78 is 0. The van der Waals surface area contributed by atoms with E-state index in [1.54, 1.807) is 17.7 Å². The Hall–Kier alpha value is -1.44. The summed E-state index contributed by atoms with van der Waals surface area (Å²) in [4.78, 5) is 24.7. The molecular formula is C17H24ClN5OS. The lowest BCUT2D eigenvalue weighted by Crippen LogP contribution is -2.48. The minimum absolute atomic E-state index is 0. The lowest BCUT2D eigenvalue weighted by Gasteiger charge is -2.33. The number of hydrogen-bond donors (Lipinski definition) is 2. The molecule has 2 atom stereocenters. The van der Waals surface area contributed by atoms with Crippen molar-refractivity contribution in [2.24, 2.45) is 17.6 Å². The molecule has 2 aromatic rings. The zero-order valence-corrected chi connectivity index (χ0v) is 15.7. The molecule has 2 aromatic heterocycles. The molecule has 1 aliphatic heterocycles. The highest BCUT2D eigenvalue weighted by molar-refractivity contribution is 7.16. The number of nitrogens with two attached hydrogens (primary N) is 1. The van der Waals surface area contributed by atoms with Gasteiger partial charge in [-0.3, -0.25) is 4.79 Å². The maximum absolute atomic E-state index is 12.7. The number of hydrogen-bond acceptors (Lipinski definition) is 6. The first kappa shape index (κ1) is 18.4. The van der Waals surface area contributed by atoms with E-state index in [9.17, 15) is 4.79 Å². The Balaban J connectivity index is 0.00000182. The molecule has 0 bridgehead atoms. The zero-order chi connectivity index (χ0) is 16.5. The van der Waals surface area contributed by atoms with E-state index in [2.05, 4.69) is 26.3 Å². The van der Waals surface area contributed by atoms with E-state index in [0.717, 1.165) is 42.0 Å². The Bertz CT molecular complexity index is 735. The summed E-state index contributed by atoms with van der Waals surface area (Å²) in [7, 11) is 0. The van der Waals surface area contributed by atoms with Crippen LogP contribution in [0.5, 0.6) is 0 Å². The number of nitrogens with zero attached hydrogens (tertiary/aromatic N) is 3. The topological polar surface area (TPSA) is 84.1 Å². The van der Waals surface area contributed by atoms with Crippen LogP contribution in [0.1, 0.15) is 25.7 Å². The molecule has 3 N–H and O–H groups in total. The van der Waals surface area contributed by atoms with Gasteiger partial charge in [-0.15, -0.1) is 23.7 Å². The smallest absolute Gasteiger partial charge is 0.225 e. The third-order valence-electron chi connectivity index (χ3n) is 5.11. The first-order valence-corrected chi connectivity index (χ1v) is 9.58. The summed E-state index contributed by atoms with van der Waals surface area (Å²) >= 11 is 1.62. The molecule has 6 nitrogen and oxygen atoms in total. The lowest BCUT2D eigenvalue weighted by atomic mass is 9.96. The summed E-state index contributed by atoms with van der Waals surface area (Å²) in [6, 6.07) is 2.21. The molecule has 0 spiro atoms. The van der Waals surface area contributed by atoms with Gasteiger partial charge in [0, 0.05) is 25.7 Å². The number of thiophene rings is 1. The normalized spacial score (nSPS) is 21.6. The summed E-state index contributed by atoms with van der Waals surface area (Å²) in [6.45, 7) is 2.19. The maximum atomic E-state index is 12.7. The molecule has 136 valence electrons. The summed E-state index contributed by atoms with van der Waals surface area (Å²) in [6.07, 6.45) is 5.94. The maximum Gasteiger partial charge on any atom is 0.225 e. The number of carbonyl (C=O) groups is 1. The van der Waals surface area contributed by atoms with Crippen molar-refractivity contribution >= 4 is 45.7 Å². The molecule has 1 amide bonds. The van der Waals surface area contributed by atoms with Gasteiger partial charge in [0.15, 0.2) is 0 Å². The molecule has 1 saturated carbocycles. The molecule has 4 rings (SSSR count). The van der Waals surface area contributed by atoms with Gasteiger partial charge in [0.1, 0.15) is 17.0 Å². The zero-order valence-electron chi connectivity index (χ0n) is 14.1. The van der Waals surface area contributed by atoms with Crippen LogP contribution in [0.4, 0.5) is 5.82 Å². The number of piperidine rings is 1. The Kier molecular flexibility index (Phi) is 5.76. The quantitative estimate of drug-likeness (QED) is 0.829. The number of nitrogens with one attached hydrogen (secondary N) is 1. The van der Waals surface area contributed by atoms with Crippen molar-refractivity contribution in [1.82, 2.24) is 15.3 Å². The highest BCUT2D eigenvalue weighted by Gasteiger charge is 2.34. The fourth-order valence-electron chi connectivity index (χ4n) is 3.58. The number of aromatic nitrogens is 2. The molecule has 0 radical (unpaired) electrons. The van der Waals surface area contributed by atoms with Crippen LogP contribution in [0.25, 0.3) is 10.2 Å². The van der Waals surface area contributed by atoms with Gasteiger partial charge < -0.3 is 16.0 Å². The monoisotopic (exact) mass is 381 g/mol. The van der Waals surface area contributed by atoms with Crippen molar-refractivity contribution in [3.63, 3.8) is 0 Å². The summed E-state index contributed by atoms with van der Waals surface area (Å²) in [5, 5.41) is 6.31. The van der Waals surface area contributed by atoms with Crippen LogP contribution in [0.3, 0.4) is 0 Å². The number of rotatable bonds is 5.